The maximum atomic E-state index is 14.5. The summed E-state index contributed by atoms with van der Waals surface area (Å²) in [5.41, 5.74) is 40.0. The SMILES string of the molecule is CCCCCCCCCCCCCCCC(=O)N[C@@H](CCCCN)C(=O)N[C@@H](CC(C)C)C(=O)N[C@@H](CO)C(=O)N[C@@H](Cc1cnc[nH]1)C(=O)N[C@@H](CO)C(=O)N[C@@H](CCCCN)C(=O)NCC(=O)N[C@@H](Cc1cnc[nH]1)C(=O)N[C@@H](CCC(N)=O)C(=O)N[C@@H](CCCCN)C(=O)N[C@@H](CCCNC(=N)N)C(=O)N[C@@H](CCCCN)C(=O)N[C@@H](C)C(N)=O. The van der Waals surface area contributed by atoms with Gasteiger partial charge in [0, 0.05) is 56.0 Å². The third kappa shape index (κ3) is 47.7. The van der Waals surface area contributed by atoms with Crippen LogP contribution in [-0.4, -0.2) is 250 Å². The lowest BCUT2D eigenvalue weighted by molar-refractivity contribution is -0.136. The lowest BCUT2D eigenvalue weighted by Crippen LogP contribution is -2.61. The van der Waals surface area contributed by atoms with Crippen LogP contribution in [0.15, 0.2) is 25.0 Å². The first-order valence-corrected chi connectivity index (χ1v) is 43.4. The van der Waals surface area contributed by atoms with Crippen LogP contribution in [0.1, 0.15) is 238 Å². The predicted molar refractivity (Wildman–Crippen MR) is 459 cm³/mol. The highest BCUT2D eigenvalue weighted by atomic mass is 16.3. The van der Waals surface area contributed by atoms with Crippen LogP contribution >= 0.6 is 0 Å². The molecule has 15 amide bonds. The molecule has 0 saturated carbocycles. The van der Waals surface area contributed by atoms with Gasteiger partial charge in [-0.15, -0.1) is 0 Å². The number of carbonyl (C=O) groups is 15. The van der Waals surface area contributed by atoms with Gasteiger partial charge in [-0.05, 0) is 148 Å². The highest BCUT2D eigenvalue weighted by Crippen LogP contribution is 2.17. The monoisotopic (exact) mass is 1740 g/mol. The minimum Gasteiger partial charge on any atom is -0.394 e. The summed E-state index contributed by atoms with van der Waals surface area (Å²) in [5.74, 6) is -14.0. The Morgan fingerprint density at radius 1 is 0.366 bits per heavy atom. The molecule has 2 aromatic rings. The standard InChI is InChI=1S/C80H144N26O17/c1-5-6-7-8-9-10-11-12-13-14-15-16-17-32-66(110)96-55(28-19-23-36-82)71(115)103-60(40-50(2)3)75(119)105-64(47-108)79(123)104-62(42-53-44-90-49-94-53)77(121)106-63(46-107)78(122)98-54(27-18-22-35-81)69(113)92-45-67(111)97-61(41-52-43-89-48-93-52)76(120)102-59(33-34-65(85)109)74(118)100-57(30-21-25-38-84)72(116)101-58(31-26-39-91-80(87)88)73(117)99-56(29-20-24-37-83)70(114)95-51(4)68(86)112/h43-44,48-51,54-64,107-108H,5-42,45-47,81-84H2,1-4H3,(H2,85,109)(H2,86,112)(H,89,93)(H,90,94)(H,92,113)(H,95,114)(H,96,110)(H,97,111)(H,98,122)(H,99,117)(H,100,118)(H,101,116)(H,102,120)(H,103,115)(H,104,123)(H,105,119)(H,106,121)(H4,87,88,91)/t51-,54-,55-,56-,57-,58-,59-,60-,61-,62-,63-,64-/m0/s1. The number of unbranched alkanes of at least 4 members (excludes halogenated alkanes) is 16. The number of hydrogen-bond acceptors (Lipinski definition) is 24. The first-order chi connectivity index (χ1) is 58.8. The number of nitrogens with two attached hydrogens (primary N) is 7. The molecule has 43 nitrogen and oxygen atoms in total. The Morgan fingerprint density at radius 2 is 0.691 bits per heavy atom. The van der Waals surface area contributed by atoms with Gasteiger partial charge >= 0.3 is 0 Å². The zero-order valence-corrected chi connectivity index (χ0v) is 72.3. The Morgan fingerprint density at radius 3 is 1.07 bits per heavy atom. The molecular formula is C80H144N26O17. The molecule has 2 rings (SSSR count). The van der Waals surface area contributed by atoms with E-state index in [1.165, 1.54) is 83.3 Å². The fourth-order valence-electron chi connectivity index (χ4n) is 13.1. The number of rotatable bonds is 71. The van der Waals surface area contributed by atoms with E-state index in [1.54, 1.807) is 13.8 Å². The summed E-state index contributed by atoms with van der Waals surface area (Å²) < 4.78 is 0. The topological polar surface area (TPSA) is 728 Å². The van der Waals surface area contributed by atoms with Crippen molar-refractivity contribution in [2.75, 3.05) is 52.5 Å². The molecule has 0 fully saturated rings. The molecule has 0 aliphatic heterocycles. The van der Waals surface area contributed by atoms with Crippen molar-refractivity contribution in [2.45, 2.75) is 312 Å². The number of nitrogens with zero attached hydrogens (tertiary/aromatic N) is 2. The third-order valence-corrected chi connectivity index (χ3v) is 20.2. The minimum absolute atomic E-state index is 0.0601. The highest BCUT2D eigenvalue weighted by molar-refractivity contribution is 6.00. The molecule has 2 aromatic heterocycles. The zero-order chi connectivity index (χ0) is 91.4. The largest absolute Gasteiger partial charge is 0.394 e. The lowest BCUT2D eigenvalue weighted by Gasteiger charge is -2.27. The number of aromatic amines is 2. The minimum atomic E-state index is -1.83. The van der Waals surface area contributed by atoms with Gasteiger partial charge in [-0.1, -0.05) is 97.8 Å². The Hall–Kier alpha value is -10.5. The van der Waals surface area contributed by atoms with Crippen LogP contribution in [0.4, 0.5) is 0 Å². The number of amides is 15. The van der Waals surface area contributed by atoms with Crippen molar-refractivity contribution < 1.29 is 82.1 Å². The molecule has 12 atom stereocenters. The summed E-state index contributed by atoms with van der Waals surface area (Å²) in [7, 11) is 0. The van der Waals surface area contributed by atoms with Gasteiger partial charge in [-0.2, -0.15) is 0 Å². The number of H-pyrrole nitrogens is 2. The van der Waals surface area contributed by atoms with Gasteiger partial charge in [0.15, 0.2) is 5.96 Å². The van der Waals surface area contributed by atoms with Crippen molar-refractivity contribution in [1.29, 1.82) is 5.41 Å². The second kappa shape index (κ2) is 64.3. The first-order valence-electron chi connectivity index (χ1n) is 43.4. The van der Waals surface area contributed by atoms with Gasteiger partial charge in [0.05, 0.1) is 32.4 Å². The van der Waals surface area contributed by atoms with Crippen molar-refractivity contribution in [2.24, 2.45) is 46.1 Å². The zero-order valence-electron chi connectivity index (χ0n) is 72.3. The van der Waals surface area contributed by atoms with Crippen molar-refractivity contribution >= 4 is 94.6 Å². The van der Waals surface area contributed by atoms with Crippen LogP contribution < -0.4 is 115 Å². The number of aliphatic hydroxyl groups excluding tert-OH is 2. The second-order valence-electron chi connectivity index (χ2n) is 31.3. The summed E-state index contributed by atoms with van der Waals surface area (Å²) in [6.45, 7) is 5.17. The molecule has 0 spiro atoms. The van der Waals surface area contributed by atoms with E-state index in [2.05, 4.69) is 101 Å². The van der Waals surface area contributed by atoms with Crippen LogP contribution in [0.25, 0.3) is 0 Å². The molecule has 123 heavy (non-hydrogen) atoms. The molecule has 43 heteroatoms. The fraction of sp³-hybridized carbons (Fsp3) is 0.725. The fourth-order valence-corrected chi connectivity index (χ4v) is 13.1. The van der Waals surface area contributed by atoms with Crippen LogP contribution in [0.5, 0.6) is 0 Å². The maximum Gasteiger partial charge on any atom is 0.245 e. The van der Waals surface area contributed by atoms with E-state index in [1.807, 2.05) is 0 Å². The molecule has 33 N–H and O–H groups in total. The molecule has 0 aromatic carbocycles. The van der Waals surface area contributed by atoms with E-state index in [-0.39, 0.29) is 132 Å². The smallest absolute Gasteiger partial charge is 0.245 e. The number of guanidine groups is 1. The van der Waals surface area contributed by atoms with E-state index >= 15 is 0 Å². The lowest BCUT2D eigenvalue weighted by atomic mass is 10.0. The van der Waals surface area contributed by atoms with E-state index in [9.17, 15) is 82.1 Å². The maximum absolute atomic E-state index is 14.5. The van der Waals surface area contributed by atoms with Gasteiger partial charge in [0.2, 0.25) is 88.6 Å². The molecule has 0 unspecified atom stereocenters. The number of imidazole rings is 2. The summed E-state index contributed by atoms with van der Waals surface area (Å²) in [6.07, 6.45) is 21.6. The summed E-state index contributed by atoms with van der Waals surface area (Å²) >= 11 is 0. The highest BCUT2D eigenvalue weighted by Gasteiger charge is 2.37. The number of hydrogen-bond donors (Lipinski definition) is 26. The summed E-state index contributed by atoms with van der Waals surface area (Å²) in [6, 6.07) is -17.5. The predicted octanol–water partition coefficient (Wildman–Crippen LogP) is -4.09. The molecule has 696 valence electrons. The van der Waals surface area contributed by atoms with Gasteiger partial charge < -0.3 is 135 Å². The van der Waals surface area contributed by atoms with E-state index in [4.69, 9.17) is 45.5 Å². The molecular weight excluding hydrogens is 1600 g/mol. The van der Waals surface area contributed by atoms with Gasteiger partial charge in [-0.25, -0.2) is 9.97 Å². The number of aliphatic hydroxyl groups is 2. The Labute approximate surface area is 720 Å². The van der Waals surface area contributed by atoms with Crippen molar-refractivity contribution in [1.82, 2.24) is 94.4 Å². The van der Waals surface area contributed by atoms with Gasteiger partial charge in [-0.3, -0.25) is 77.3 Å². The van der Waals surface area contributed by atoms with Crippen molar-refractivity contribution in [3.8, 4) is 0 Å². The van der Waals surface area contributed by atoms with Crippen LogP contribution in [0.3, 0.4) is 0 Å². The van der Waals surface area contributed by atoms with Crippen molar-refractivity contribution in [3.63, 3.8) is 0 Å². The molecule has 0 radical (unpaired) electrons. The third-order valence-electron chi connectivity index (χ3n) is 20.2. The summed E-state index contributed by atoms with van der Waals surface area (Å²) in [5, 5.41) is 64.5. The Kier molecular flexibility index (Phi) is 56.8. The van der Waals surface area contributed by atoms with Crippen LogP contribution in [-0.2, 0) is 84.8 Å². The van der Waals surface area contributed by atoms with Gasteiger partial charge in [0.1, 0.15) is 72.5 Å². The van der Waals surface area contributed by atoms with Crippen molar-refractivity contribution in [3.05, 3.63) is 36.4 Å². The Bertz CT molecular complexity index is 3500. The second-order valence-corrected chi connectivity index (χ2v) is 31.3. The Balaban J connectivity index is 2.37. The number of carbonyl (C=O) groups excluding carboxylic acids is 15. The van der Waals surface area contributed by atoms with E-state index in [0.29, 0.717) is 51.5 Å². The average molecular weight is 1740 g/mol. The van der Waals surface area contributed by atoms with E-state index in [0.717, 1.165) is 25.7 Å². The molecule has 0 saturated heterocycles. The first kappa shape index (κ1) is 109. The molecule has 0 aliphatic carbocycles. The van der Waals surface area contributed by atoms with Crippen LogP contribution in [0.2, 0.25) is 0 Å². The normalized spacial score (nSPS) is 14.1. The van der Waals surface area contributed by atoms with Gasteiger partial charge in [0.25, 0.3) is 0 Å². The summed E-state index contributed by atoms with van der Waals surface area (Å²) in [4.78, 5) is 221. The number of primary amides is 2. The molecule has 0 aliphatic rings. The average Bonchev–Trinajstić information content (AvgIpc) is 1.62. The molecule has 2 heterocycles. The number of nitrogens with one attached hydrogen (secondary N) is 17. The van der Waals surface area contributed by atoms with E-state index < -0.39 is 188 Å². The molecule has 0 bridgehead atoms. The number of aromatic nitrogens is 4. The van der Waals surface area contributed by atoms with Crippen LogP contribution in [0, 0.1) is 11.3 Å². The quantitative estimate of drug-likeness (QED) is 0.0170.